The van der Waals surface area contributed by atoms with E-state index < -0.39 is 22.4 Å². The second-order valence-electron chi connectivity index (χ2n) is 8.36. The highest BCUT2D eigenvalue weighted by Gasteiger charge is 2.62. The maximum Gasteiger partial charge on any atom is 0.312 e. The maximum atomic E-state index is 12.5. The third-order valence-electron chi connectivity index (χ3n) is 6.21. The van der Waals surface area contributed by atoms with Crippen molar-refractivity contribution in [2.24, 2.45) is 22.7 Å². The first-order valence-corrected chi connectivity index (χ1v) is 8.17. The lowest BCUT2D eigenvalue weighted by atomic mass is 9.48. The van der Waals surface area contributed by atoms with Crippen LogP contribution in [-0.4, -0.2) is 22.6 Å². The van der Waals surface area contributed by atoms with Gasteiger partial charge in [0.25, 0.3) is 0 Å². The van der Waals surface area contributed by atoms with Gasteiger partial charge in [-0.1, -0.05) is 6.92 Å². The lowest BCUT2D eigenvalue weighted by Crippen LogP contribution is -2.60. The Labute approximate surface area is 126 Å². The zero-order valence-corrected chi connectivity index (χ0v) is 13.3. The molecule has 4 aliphatic rings. The molecule has 4 heteroatoms. The molecule has 4 fully saturated rings. The van der Waals surface area contributed by atoms with Crippen LogP contribution in [0.15, 0.2) is 0 Å². The summed E-state index contributed by atoms with van der Waals surface area (Å²) in [4.78, 5) is 24.3. The fourth-order valence-corrected chi connectivity index (χ4v) is 5.03. The van der Waals surface area contributed by atoms with Gasteiger partial charge in [-0.3, -0.25) is 9.59 Å². The van der Waals surface area contributed by atoms with E-state index in [0.717, 1.165) is 38.5 Å². The molecule has 4 rings (SSSR count). The number of hydrogen-bond acceptors (Lipinski definition) is 3. The monoisotopic (exact) mass is 294 g/mol. The number of aliphatic carboxylic acids is 1. The number of ether oxygens (including phenoxy) is 1. The predicted molar refractivity (Wildman–Crippen MR) is 77.6 cm³/mol. The number of rotatable bonds is 4. The number of carbonyl (C=O) groups is 2. The third kappa shape index (κ3) is 2.27. The highest BCUT2D eigenvalue weighted by Crippen LogP contribution is 2.63. The Bertz CT molecular complexity index is 465. The largest absolute Gasteiger partial charge is 0.481 e. The van der Waals surface area contributed by atoms with Gasteiger partial charge in [0.1, 0.15) is 5.60 Å². The van der Waals surface area contributed by atoms with E-state index in [0.29, 0.717) is 18.3 Å². The number of esters is 1. The van der Waals surface area contributed by atoms with Crippen molar-refractivity contribution in [2.45, 2.75) is 71.3 Å². The van der Waals surface area contributed by atoms with Crippen LogP contribution in [0.2, 0.25) is 0 Å². The van der Waals surface area contributed by atoms with Crippen LogP contribution >= 0.6 is 0 Å². The summed E-state index contributed by atoms with van der Waals surface area (Å²) in [5, 5.41) is 9.69. The van der Waals surface area contributed by atoms with Gasteiger partial charge in [-0.2, -0.15) is 0 Å². The Morgan fingerprint density at radius 2 is 1.76 bits per heavy atom. The SMILES string of the molecule is CCC(C)(C)C(=O)OC12CC3CC(C1)CC(C(=O)O)(C3)C2. The van der Waals surface area contributed by atoms with Gasteiger partial charge in [0.2, 0.25) is 0 Å². The molecular formula is C17H26O4. The lowest BCUT2D eigenvalue weighted by Gasteiger charge is -2.59. The molecule has 0 saturated heterocycles. The van der Waals surface area contributed by atoms with E-state index in [9.17, 15) is 14.7 Å². The van der Waals surface area contributed by atoms with E-state index in [4.69, 9.17) is 4.74 Å². The third-order valence-corrected chi connectivity index (χ3v) is 6.21. The van der Waals surface area contributed by atoms with Crippen LogP contribution in [0.25, 0.3) is 0 Å². The van der Waals surface area contributed by atoms with E-state index in [-0.39, 0.29) is 5.97 Å². The van der Waals surface area contributed by atoms with Gasteiger partial charge in [-0.05, 0) is 64.2 Å². The highest BCUT2D eigenvalue weighted by atomic mass is 16.6. The lowest BCUT2D eigenvalue weighted by molar-refractivity contribution is -0.215. The number of carboxylic acid groups (broad SMARTS) is 1. The minimum atomic E-state index is -0.688. The molecule has 4 nitrogen and oxygen atoms in total. The van der Waals surface area contributed by atoms with Crippen molar-refractivity contribution in [3.05, 3.63) is 0 Å². The van der Waals surface area contributed by atoms with Gasteiger partial charge in [0, 0.05) is 6.42 Å². The molecule has 0 spiro atoms. The summed E-state index contributed by atoms with van der Waals surface area (Å²) < 4.78 is 5.98. The molecule has 0 heterocycles. The molecule has 1 N–H and O–H groups in total. The van der Waals surface area contributed by atoms with Gasteiger partial charge in [-0.25, -0.2) is 0 Å². The molecule has 0 aliphatic heterocycles. The molecular weight excluding hydrogens is 268 g/mol. The molecule has 0 aromatic heterocycles. The molecule has 2 unspecified atom stereocenters. The molecule has 4 bridgehead atoms. The van der Waals surface area contributed by atoms with Crippen LogP contribution in [-0.2, 0) is 14.3 Å². The van der Waals surface area contributed by atoms with Crippen molar-refractivity contribution in [2.75, 3.05) is 0 Å². The normalized spacial score (nSPS) is 41.1. The summed E-state index contributed by atoms with van der Waals surface area (Å²) in [7, 11) is 0. The Hall–Kier alpha value is -1.06. The Balaban J connectivity index is 1.85. The Morgan fingerprint density at radius 1 is 1.19 bits per heavy atom. The molecule has 0 aromatic carbocycles. The fraction of sp³-hybridized carbons (Fsp3) is 0.882. The standard InChI is InChI=1S/C17H26O4/c1-4-15(2,3)14(20)21-17-8-11-5-12(9-17)7-16(6-11,10-17)13(18)19/h11-12H,4-10H2,1-3H3,(H,18,19). The van der Waals surface area contributed by atoms with Crippen molar-refractivity contribution >= 4 is 11.9 Å². The quantitative estimate of drug-likeness (QED) is 0.807. The van der Waals surface area contributed by atoms with Gasteiger partial charge >= 0.3 is 11.9 Å². The zero-order chi connectivity index (χ0) is 15.5. The van der Waals surface area contributed by atoms with E-state index >= 15 is 0 Å². The van der Waals surface area contributed by atoms with Crippen molar-refractivity contribution in [1.29, 1.82) is 0 Å². The van der Waals surface area contributed by atoms with Crippen LogP contribution < -0.4 is 0 Å². The molecule has 118 valence electrons. The number of hydrogen-bond donors (Lipinski definition) is 1. The van der Waals surface area contributed by atoms with E-state index in [2.05, 4.69) is 0 Å². The molecule has 0 amide bonds. The van der Waals surface area contributed by atoms with Gasteiger partial charge < -0.3 is 9.84 Å². The highest BCUT2D eigenvalue weighted by molar-refractivity contribution is 5.78. The summed E-state index contributed by atoms with van der Waals surface area (Å²) in [6.07, 6.45) is 5.65. The van der Waals surface area contributed by atoms with E-state index in [1.54, 1.807) is 0 Å². The Morgan fingerprint density at radius 3 is 2.24 bits per heavy atom. The zero-order valence-electron chi connectivity index (χ0n) is 13.3. The molecule has 4 saturated carbocycles. The minimum absolute atomic E-state index is 0.160. The summed E-state index contributed by atoms with van der Waals surface area (Å²) in [5.74, 6) is -0.0148. The van der Waals surface area contributed by atoms with Gasteiger partial charge in [-0.15, -0.1) is 0 Å². The number of carboxylic acids is 1. The molecule has 2 atom stereocenters. The second-order valence-corrected chi connectivity index (χ2v) is 8.36. The average molecular weight is 294 g/mol. The average Bonchev–Trinajstić information content (AvgIpc) is 2.36. The van der Waals surface area contributed by atoms with Crippen LogP contribution in [0, 0.1) is 22.7 Å². The summed E-state index contributed by atoms with van der Waals surface area (Å²) in [6, 6.07) is 0. The summed E-state index contributed by atoms with van der Waals surface area (Å²) >= 11 is 0. The first-order valence-electron chi connectivity index (χ1n) is 8.17. The molecule has 0 radical (unpaired) electrons. The van der Waals surface area contributed by atoms with Crippen LogP contribution in [0.3, 0.4) is 0 Å². The topological polar surface area (TPSA) is 63.6 Å². The molecule has 0 aromatic rings. The maximum absolute atomic E-state index is 12.5. The minimum Gasteiger partial charge on any atom is -0.481 e. The smallest absolute Gasteiger partial charge is 0.312 e. The fourth-order valence-electron chi connectivity index (χ4n) is 5.03. The van der Waals surface area contributed by atoms with Gasteiger partial charge in [0.15, 0.2) is 0 Å². The summed E-state index contributed by atoms with van der Waals surface area (Å²) in [5.41, 5.74) is -1.63. The van der Waals surface area contributed by atoms with E-state index in [1.807, 2.05) is 20.8 Å². The molecule has 21 heavy (non-hydrogen) atoms. The van der Waals surface area contributed by atoms with Crippen molar-refractivity contribution < 1.29 is 19.4 Å². The first-order chi connectivity index (χ1) is 9.70. The van der Waals surface area contributed by atoms with Crippen molar-refractivity contribution in [1.82, 2.24) is 0 Å². The van der Waals surface area contributed by atoms with Crippen LogP contribution in [0.1, 0.15) is 65.7 Å². The second kappa shape index (κ2) is 4.47. The van der Waals surface area contributed by atoms with Gasteiger partial charge in [0.05, 0.1) is 10.8 Å². The van der Waals surface area contributed by atoms with Crippen LogP contribution in [0.4, 0.5) is 0 Å². The number of carbonyl (C=O) groups excluding carboxylic acids is 1. The molecule has 4 aliphatic carbocycles. The van der Waals surface area contributed by atoms with Crippen LogP contribution in [0.5, 0.6) is 0 Å². The van der Waals surface area contributed by atoms with Crippen molar-refractivity contribution in [3.8, 4) is 0 Å². The van der Waals surface area contributed by atoms with Crippen molar-refractivity contribution in [3.63, 3.8) is 0 Å². The summed E-state index contributed by atoms with van der Waals surface area (Å²) in [6.45, 7) is 5.80. The Kier molecular flexibility index (Phi) is 3.16. The van der Waals surface area contributed by atoms with E-state index in [1.165, 1.54) is 0 Å². The first kappa shape index (κ1) is 14.9. The predicted octanol–water partition coefficient (Wildman–Crippen LogP) is 3.39.